The zero-order valence-electron chi connectivity index (χ0n) is 10.9. The van der Waals surface area contributed by atoms with Crippen molar-refractivity contribution in [2.24, 2.45) is 5.73 Å². The van der Waals surface area contributed by atoms with Gasteiger partial charge in [-0.1, -0.05) is 24.6 Å². The minimum atomic E-state index is -0.294. The van der Waals surface area contributed by atoms with Crippen LogP contribution in [0.5, 0.6) is 0 Å². The molecule has 0 spiro atoms. The highest BCUT2D eigenvalue weighted by atomic mass is 35.5. The van der Waals surface area contributed by atoms with Gasteiger partial charge in [0.25, 0.3) is 0 Å². The van der Waals surface area contributed by atoms with E-state index in [1.807, 2.05) is 22.8 Å². The number of nitrogens with one attached hydrogen (secondary N) is 1. The number of benzene rings is 1. The Labute approximate surface area is 117 Å². The predicted octanol–water partition coefficient (Wildman–Crippen LogP) is 2.28. The fourth-order valence-electron chi connectivity index (χ4n) is 2.16. The first kappa shape index (κ1) is 13.9. The van der Waals surface area contributed by atoms with Gasteiger partial charge in [0, 0.05) is 41.6 Å². The number of hydrogen-bond acceptors (Lipinski definition) is 2. The molecule has 1 amide bonds. The van der Waals surface area contributed by atoms with Crippen LogP contribution in [-0.4, -0.2) is 17.0 Å². The van der Waals surface area contributed by atoms with Gasteiger partial charge in [-0.2, -0.15) is 0 Å². The molecule has 0 fully saturated rings. The lowest BCUT2D eigenvalue weighted by Crippen LogP contribution is -2.13. The summed E-state index contributed by atoms with van der Waals surface area (Å²) in [6.07, 6.45) is 2.39. The van der Waals surface area contributed by atoms with Crippen molar-refractivity contribution in [1.29, 1.82) is 0 Å². The summed E-state index contributed by atoms with van der Waals surface area (Å²) >= 11 is 6.05. The van der Waals surface area contributed by atoms with Gasteiger partial charge in [0.15, 0.2) is 0 Å². The Kier molecular flexibility index (Phi) is 4.45. The second kappa shape index (κ2) is 6.08. The molecule has 1 aromatic carbocycles. The molecule has 0 radical (unpaired) electrons. The molecule has 1 heterocycles. The quantitative estimate of drug-likeness (QED) is 0.852. The summed E-state index contributed by atoms with van der Waals surface area (Å²) in [4.78, 5) is 10.9. The standard InChI is InChI=1S/C14H18ClN3O/c1-2-17-8-10-9-18(6-5-14(16)19)13-7-11(15)3-4-12(10)13/h3-4,7,9,17H,2,5-6,8H2,1H3,(H2,16,19). The molecule has 4 nitrogen and oxygen atoms in total. The second-order valence-electron chi connectivity index (χ2n) is 4.51. The molecule has 0 aliphatic heterocycles. The highest BCUT2D eigenvalue weighted by molar-refractivity contribution is 6.31. The van der Waals surface area contributed by atoms with E-state index in [0.717, 1.165) is 24.0 Å². The van der Waals surface area contributed by atoms with Gasteiger partial charge in [-0.25, -0.2) is 0 Å². The van der Waals surface area contributed by atoms with E-state index in [-0.39, 0.29) is 5.91 Å². The zero-order chi connectivity index (χ0) is 13.8. The maximum absolute atomic E-state index is 10.9. The van der Waals surface area contributed by atoms with Crippen molar-refractivity contribution < 1.29 is 4.79 Å². The average molecular weight is 280 g/mol. The third-order valence-electron chi connectivity index (χ3n) is 3.09. The summed E-state index contributed by atoms with van der Waals surface area (Å²) in [5.41, 5.74) is 7.46. The first-order valence-electron chi connectivity index (χ1n) is 6.38. The molecule has 5 heteroatoms. The van der Waals surface area contributed by atoms with Crippen molar-refractivity contribution >= 4 is 28.4 Å². The fraction of sp³-hybridized carbons (Fsp3) is 0.357. The highest BCUT2D eigenvalue weighted by Crippen LogP contribution is 2.25. The normalized spacial score (nSPS) is 11.1. The lowest BCUT2D eigenvalue weighted by atomic mass is 10.2. The number of nitrogens with zero attached hydrogens (tertiary/aromatic N) is 1. The largest absolute Gasteiger partial charge is 0.370 e. The van der Waals surface area contributed by atoms with Crippen molar-refractivity contribution in [2.75, 3.05) is 6.54 Å². The van der Waals surface area contributed by atoms with Crippen LogP contribution in [0.4, 0.5) is 0 Å². The summed E-state index contributed by atoms with van der Waals surface area (Å²) in [5.74, 6) is -0.294. The van der Waals surface area contributed by atoms with E-state index in [0.29, 0.717) is 18.0 Å². The monoisotopic (exact) mass is 279 g/mol. The third kappa shape index (κ3) is 3.28. The van der Waals surface area contributed by atoms with E-state index in [9.17, 15) is 4.79 Å². The molecule has 19 heavy (non-hydrogen) atoms. The fourth-order valence-corrected chi connectivity index (χ4v) is 2.32. The van der Waals surface area contributed by atoms with Gasteiger partial charge < -0.3 is 15.6 Å². The Balaban J connectivity index is 2.38. The smallest absolute Gasteiger partial charge is 0.219 e. The summed E-state index contributed by atoms with van der Waals surface area (Å²) in [7, 11) is 0. The molecule has 0 unspecified atom stereocenters. The summed E-state index contributed by atoms with van der Waals surface area (Å²) in [6, 6.07) is 5.83. The number of carbonyl (C=O) groups excluding carboxylic acids is 1. The Bertz CT molecular complexity index is 592. The van der Waals surface area contributed by atoms with Crippen LogP contribution in [0.3, 0.4) is 0 Å². The van der Waals surface area contributed by atoms with Gasteiger partial charge in [0.05, 0.1) is 0 Å². The van der Waals surface area contributed by atoms with E-state index < -0.39 is 0 Å². The van der Waals surface area contributed by atoms with E-state index in [4.69, 9.17) is 17.3 Å². The van der Waals surface area contributed by atoms with Gasteiger partial charge >= 0.3 is 0 Å². The van der Waals surface area contributed by atoms with Crippen LogP contribution in [0.2, 0.25) is 5.02 Å². The number of aryl methyl sites for hydroxylation is 1. The van der Waals surface area contributed by atoms with E-state index >= 15 is 0 Å². The lowest BCUT2D eigenvalue weighted by molar-refractivity contribution is -0.118. The Morgan fingerprint density at radius 1 is 1.47 bits per heavy atom. The molecule has 1 aromatic heterocycles. The van der Waals surface area contributed by atoms with Crippen molar-refractivity contribution in [3.05, 3.63) is 35.0 Å². The zero-order valence-corrected chi connectivity index (χ0v) is 11.7. The molecule has 0 aliphatic carbocycles. The van der Waals surface area contributed by atoms with Gasteiger partial charge in [-0.05, 0) is 24.2 Å². The first-order valence-corrected chi connectivity index (χ1v) is 6.76. The molecule has 0 aliphatic rings. The van der Waals surface area contributed by atoms with Crippen LogP contribution in [0.15, 0.2) is 24.4 Å². The molecule has 2 aromatic rings. The average Bonchev–Trinajstić information content (AvgIpc) is 2.71. The van der Waals surface area contributed by atoms with Gasteiger partial charge in [-0.15, -0.1) is 0 Å². The number of halogens is 1. The molecule has 0 saturated heterocycles. The number of rotatable bonds is 6. The van der Waals surface area contributed by atoms with Crippen LogP contribution in [-0.2, 0) is 17.9 Å². The van der Waals surface area contributed by atoms with Gasteiger partial charge in [0.2, 0.25) is 5.91 Å². The number of nitrogens with two attached hydrogens (primary N) is 1. The number of carbonyl (C=O) groups is 1. The number of fused-ring (bicyclic) bond motifs is 1. The number of primary amides is 1. The summed E-state index contributed by atoms with van der Waals surface area (Å²) in [5, 5.41) is 5.17. The molecule has 3 N–H and O–H groups in total. The first-order chi connectivity index (χ1) is 9.11. The molecular weight excluding hydrogens is 262 g/mol. The van der Waals surface area contributed by atoms with Gasteiger partial charge in [-0.3, -0.25) is 4.79 Å². The number of hydrogen-bond donors (Lipinski definition) is 2. The molecular formula is C14H18ClN3O. The maximum atomic E-state index is 10.9. The van der Waals surface area contributed by atoms with Crippen molar-refractivity contribution in [3.8, 4) is 0 Å². The van der Waals surface area contributed by atoms with Crippen molar-refractivity contribution in [1.82, 2.24) is 9.88 Å². The van der Waals surface area contributed by atoms with Crippen LogP contribution in [0.1, 0.15) is 18.9 Å². The minimum absolute atomic E-state index is 0.294. The van der Waals surface area contributed by atoms with Crippen LogP contribution < -0.4 is 11.1 Å². The molecule has 0 atom stereocenters. The van der Waals surface area contributed by atoms with Crippen molar-refractivity contribution in [3.63, 3.8) is 0 Å². The van der Waals surface area contributed by atoms with Crippen LogP contribution in [0, 0.1) is 0 Å². The van der Waals surface area contributed by atoms with Gasteiger partial charge in [0.1, 0.15) is 0 Å². The molecule has 2 rings (SSSR count). The third-order valence-corrected chi connectivity index (χ3v) is 3.33. The Morgan fingerprint density at radius 3 is 2.95 bits per heavy atom. The van der Waals surface area contributed by atoms with E-state index in [2.05, 4.69) is 18.4 Å². The van der Waals surface area contributed by atoms with Crippen LogP contribution >= 0.6 is 11.6 Å². The number of aromatic nitrogens is 1. The van der Waals surface area contributed by atoms with Crippen LogP contribution in [0.25, 0.3) is 10.9 Å². The maximum Gasteiger partial charge on any atom is 0.219 e. The summed E-state index contributed by atoms with van der Waals surface area (Å²) < 4.78 is 2.04. The topological polar surface area (TPSA) is 60.1 Å². The Hall–Kier alpha value is -1.52. The number of amides is 1. The van der Waals surface area contributed by atoms with E-state index in [1.165, 1.54) is 5.56 Å². The molecule has 102 valence electrons. The summed E-state index contributed by atoms with van der Waals surface area (Å²) in [6.45, 7) is 4.38. The highest BCUT2D eigenvalue weighted by Gasteiger charge is 2.09. The molecule has 0 bridgehead atoms. The lowest BCUT2D eigenvalue weighted by Gasteiger charge is -2.03. The molecule has 0 saturated carbocycles. The SMILES string of the molecule is CCNCc1cn(CCC(N)=O)c2cc(Cl)ccc12. The van der Waals surface area contributed by atoms with Crippen molar-refractivity contribution in [2.45, 2.75) is 26.4 Å². The minimum Gasteiger partial charge on any atom is -0.370 e. The predicted molar refractivity (Wildman–Crippen MR) is 78.1 cm³/mol. The Morgan fingerprint density at radius 2 is 2.26 bits per heavy atom. The second-order valence-corrected chi connectivity index (χ2v) is 4.94. The van der Waals surface area contributed by atoms with E-state index in [1.54, 1.807) is 0 Å².